The van der Waals surface area contributed by atoms with Gasteiger partial charge in [0.25, 0.3) is 5.91 Å². The maximum Gasteiger partial charge on any atom is 0.251 e. The van der Waals surface area contributed by atoms with Crippen molar-refractivity contribution in [2.45, 2.75) is 32.2 Å². The van der Waals surface area contributed by atoms with Crippen LogP contribution in [-0.4, -0.2) is 55.8 Å². The summed E-state index contributed by atoms with van der Waals surface area (Å²) in [6.07, 6.45) is 3.83. The number of hydrogen-bond donors (Lipinski definition) is 1. The van der Waals surface area contributed by atoms with Crippen LogP contribution >= 0.6 is 0 Å². The standard InChI is InChI=1S/C25H30N4O3/c1-27(18-20-7-2-3-8-22(20)28-14-4-5-15-28)24(31)17-26-25(32)19-10-12-21(13-11-19)29-16-6-9-23(29)30/h2-3,7-8,10-13H,4-6,9,14-18H2,1H3,(H,26,32). The van der Waals surface area contributed by atoms with Crippen LogP contribution < -0.4 is 15.1 Å². The van der Waals surface area contributed by atoms with Crippen LogP contribution in [0.5, 0.6) is 0 Å². The topological polar surface area (TPSA) is 73.0 Å². The molecule has 0 unspecified atom stereocenters. The fourth-order valence-electron chi connectivity index (χ4n) is 4.36. The van der Waals surface area contributed by atoms with E-state index in [1.165, 1.54) is 18.5 Å². The van der Waals surface area contributed by atoms with Gasteiger partial charge >= 0.3 is 0 Å². The quantitative estimate of drug-likeness (QED) is 0.727. The van der Waals surface area contributed by atoms with Crippen molar-refractivity contribution < 1.29 is 14.4 Å². The number of amides is 3. The van der Waals surface area contributed by atoms with Gasteiger partial charge in [-0.1, -0.05) is 18.2 Å². The molecule has 1 N–H and O–H groups in total. The number of nitrogens with one attached hydrogen (secondary N) is 1. The molecule has 0 saturated carbocycles. The molecule has 0 bridgehead atoms. The van der Waals surface area contributed by atoms with Crippen molar-refractivity contribution in [3.8, 4) is 0 Å². The van der Waals surface area contributed by atoms with Gasteiger partial charge in [-0.25, -0.2) is 0 Å². The Kier molecular flexibility index (Phi) is 6.73. The average Bonchev–Trinajstić information content (AvgIpc) is 3.49. The van der Waals surface area contributed by atoms with Crippen LogP contribution in [-0.2, 0) is 16.1 Å². The first-order valence-electron chi connectivity index (χ1n) is 11.3. The van der Waals surface area contributed by atoms with E-state index in [-0.39, 0.29) is 24.3 Å². The molecule has 2 aromatic rings. The normalized spacial score (nSPS) is 15.8. The van der Waals surface area contributed by atoms with Crippen LogP contribution in [0.3, 0.4) is 0 Å². The molecule has 2 aliphatic rings. The van der Waals surface area contributed by atoms with Gasteiger partial charge in [0.15, 0.2) is 0 Å². The van der Waals surface area contributed by atoms with Gasteiger partial charge in [0.05, 0.1) is 6.54 Å². The summed E-state index contributed by atoms with van der Waals surface area (Å²) < 4.78 is 0. The second-order valence-electron chi connectivity index (χ2n) is 8.45. The average molecular weight is 435 g/mol. The summed E-state index contributed by atoms with van der Waals surface area (Å²) in [5.74, 6) is -0.334. The molecule has 7 heteroatoms. The molecule has 32 heavy (non-hydrogen) atoms. The van der Waals surface area contributed by atoms with Crippen molar-refractivity contribution in [3.05, 3.63) is 59.7 Å². The van der Waals surface area contributed by atoms with Crippen molar-refractivity contribution in [1.29, 1.82) is 0 Å². The number of para-hydroxylation sites is 1. The molecule has 7 nitrogen and oxygen atoms in total. The lowest BCUT2D eigenvalue weighted by Gasteiger charge is -2.24. The minimum atomic E-state index is -0.302. The Morgan fingerprint density at radius 1 is 0.969 bits per heavy atom. The second-order valence-corrected chi connectivity index (χ2v) is 8.45. The summed E-state index contributed by atoms with van der Waals surface area (Å²) in [6, 6.07) is 15.1. The molecule has 2 aromatic carbocycles. The minimum absolute atomic E-state index is 0.0619. The maximum absolute atomic E-state index is 12.6. The van der Waals surface area contributed by atoms with Crippen LogP contribution in [0.2, 0.25) is 0 Å². The maximum atomic E-state index is 12.6. The third-order valence-electron chi connectivity index (χ3n) is 6.19. The zero-order valence-electron chi connectivity index (χ0n) is 18.5. The Morgan fingerprint density at radius 3 is 2.38 bits per heavy atom. The predicted octanol–water partition coefficient (Wildman–Crippen LogP) is 2.80. The highest BCUT2D eigenvalue weighted by Gasteiger charge is 2.22. The number of carbonyl (C=O) groups is 3. The van der Waals surface area contributed by atoms with E-state index in [9.17, 15) is 14.4 Å². The highest BCUT2D eigenvalue weighted by Crippen LogP contribution is 2.25. The van der Waals surface area contributed by atoms with Crippen LogP contribution in [0.15, 0.2) is 48.5 Å². The SMILES string of the molecule is CN(Cc1ccccc1N1CCCC1)C(=O)CNC(=O)c1ccc(N2CCCC2=O)cc1. The number of hydrogen-bond acceptors (Lipinski definition) is 4. The lowest BCUT2D eigenvalue weighted by atomic mass is 10.1. The smallest absolute Gasteiger partial charge is 0.251 e. The fraction of sp³-hybridized carbons (Fsp3) is 0.400. The zero-order chi connectivity index (χ0) is 22.5. The van der Waals surface area contributed by atoms with Crippen LogP contribution in [0.4, 0.5) is 11.4 Å². The van der Waals surface area contributed by atoms with E-state index in [0.717, 1.165) is 30.8 Å². The van der Waals surface area contributed by atoms with Crippen molar-refractivity contribution in [1.82, 2.24) is 10.2 Å². The minimum Gasteiger partial charge on any atom is -0.371 e. The van der Waals surface area contributed by atoms with Gasteiger partial charge in [-0.05, 0) is 55.2 Å². The summed E-state index contributed by atoms with van der Waals surface area (Å²) >= 11 is 0. The molecule has 0 atom stereocenters. The summed E-state index contributed by atoms with van der Waals surface area (Å²) in [5.41, 5.74) is 3.57. The van der Waals surface area contributed by atoms with Crippen LogP contribution in [0.1, 0.15) is 41.6 Å². The number of rotatable bonds is 7. The van der Waals surface area contributed by atoms with Crippen molar-refractivity contribution in [3.63, 3.8) is 0 Å². The molecule has 168 valence electrons. The van der Waals surface area contributed by atoms with E-state index in [1.807, 2.05) is 12.1 Å². The Labute approximate surface area is 189 Å². The molecule has 2 fully saturated rings. The number of carbonyl (C=O) groups excluding carboxylic acids is 3. The van der Waals surface area contributed by atoms with E-state index >= 15 is 0 Å². The van der Waals surface area contributed by atoms with Crippen LogP contribution in [0, 0.1) is 0 Å². The molecule has 0 aliphatic carbocycles. The van der Waals surface area contributed by atoms with E-state index in [2.05, 4.69) is 22.3 Å². The molecular formula is C25H30N4O3. The van der Waals surface area contributed by atoms with E-state index < -0.39 is 0 Å². The highest BCUT2D eigenvalue weighted by molar-refractivity contribution is 5.98. The monoisotopic (exact) mass is 434 g/mol. The first-order valence-corrected chi connectivity index (χ1v) is 11.3. The highest BCUT2D eigenvalue weighted by atomic mass is 16.2. The summed E-state index contributed by atoms with van der Waals surface area (Å²) in [5, 5.41) is 2.71. The molecule has 0 aromatic heterocycles. The fourth-order valence-corrected chi connectivity index (χ4v) is 4.36. The van der Waals surface area contributed by atoms with E-state index in [4.69, 9.17) is 0 Å². The Balaban J connectivity index is 1.30. The number of anilines is 2. The van der Waals surface area contributed by atoms with Gasteiger partial charge < -0.3 is 20.0 Å². The lowest BCUT2D eigenvalue weighted by molar-refractivity contribution is -0.129. The first-order chi connectivity index (χ1) is 15.5. The molecule has 2 heterocycles. The van der Waals surface area contributed by atoms with Gasteiger partial charge in [-0.3, -0.25) is 14.4 Å². The Bertz CT molecular complexity index is 983. The molecule has 2 saturated heterocycles. The third kappa shape index (κ3) is 4.93. The van der Waals surface area contributed by atoms with Gasteiger partial charge in [0.1, 0.15) is 0 Å². The zero-order valence-corrected chi connectivity index (χ0v) is 18.5. The number of benzene rings is 2. The molecular weight excluding hydrogens is 404 g/mol. The summed E-state index contributed by atoms with van der Waals surface area (Å²) in [6.45, 7) is 3.25. The van der Waals surface area contributed by atoms with Gasteiger partial charge in [-0.15, -0.1) is 0 Å². The van der Waals surface area contributed by atoms with Crippen LogP contribution in [0.25, 0.3) is 0 Å². The van der Waals surface area contributed by atoms with Crippen molar-refractivity contribution in [2.24, 2.45) is 0 Å². The number of likely N-dealkylation sites (N-methyl/N-ethyl adjacent to an activating group) is 1. The molecule has 3 amide bonds. The largest absolute Gasteiger partial charge is 0.371 e. The van der Waals surface area contributed by atoms with Crippen molar-refractivity contribution >= 4 is 29.1 Å². The van der Waals surface area contributed by atoms with Gasteiger partial charge in [-0.2, -0.15) is 0 Å². The number of nitrogens with zero attached hydrogens (tertiary/aromatic N) is 3. The molecule has 2 aliphatic heterocycles. The Morgan fingerprint density at radius 2 is 1.69 bits per heavy atom. The first kappa shape index (κ1) is 21.9. The molecule has 0 radical (unpaired) electrons. The second kappa shape index (κ2) is 9.85. The van der Waals surface area contributed by atoms with Crippen molar-refractivity contribution in [2.75, 3.05) is 43.0 Å². The lowest BCUT2D eigenvalue weighted by Crippen LogP contribution is -2.38. The van der Waals surface area contributed by atoms with E-state index in [0.29, 0.717) is 25.1 Å². The summed E-state index contributed by atoms with van der Waals surface area (Å²) in [4.78, 5) is 42.7. The van der Waals surface area contributed by atoms with Gasteiger partial charge in [0.2, 0.25) is 11.8 Å². The Hall–Kier alpha value is -3.35. The molecule has 0 spiro atoms. The molecule has 4 rings (SSSR count). The van der Waals surface area contributed by atoms with Gasteiger partial charge in [0, 0.05) is 56.6 Å². The third-order valence-corrected chi connectivity index (χ3v) is 6.19. The van der Waals surface area contributed by atoms with E-state index in [1.54, 1.807) is 41.1 Å². The predicted molar refractivity (Wildman–Crippen MR) is 125 cm³/mol. The summed E-state index contributed by atoms with van der Waals surface area (Å²) in [7, 11) is 1.76.